The molecular weight excluding hydrogens is 601 g/mol. The second-order valence-corrected chi connectivity index (χ2v) is 11.8. The summed E-state index contributed by atoms with van der Waals surface area (Å²) in [5.41, 5.74) is -2.16. The lowest BCUT2D eigenvalue weighted by Crippen LogP contribution is -2.58. The Morgan fingerprint density at radius 3 is 1.74 bits per heavy atom. The summed E-state index contributed by atoms with van der Waals surface area (Å²) < 4.78 is 54.8. The standard InChI is InChI=1S/C25H31F3N6O8S/c1-9(2)13-5-33(31-29-13)18-20(37)15(7-35)41-24(22(18)39)43-25-23(40)19(21(38)16(8-36)42-25)34-6-14(30-32-34)10-3-11(26)17(28)12(27)4-10/h3-6,9,15-16,18-25,35-40H,7-8H2,1-2H3/t15-,16?,18?,19?,20?,21+,22-,23?,24+,25+/m1/s1. The number of nitrogens with zero attached hydrogens (tertiary/aromatic N) is 6. The largest absolute Gasteiger partial charge is 0.394 e. The lowest BCUT2D eigenvalue weighted by atomic mass is 9.97. The molecule has 2 aromatic heterocycles. The van der Waals surface area contributed by atoms with E-state index >= 15 is 0 Å². The lowest BCUT2D eigenvalue weighted by molar-refractivity contribution is -0.189. The van der Waals surface area contributed by atoms with Gasteiger partial charge in [-0.2, -0.15) is 0 Å². The zero-order valence-electron chi connectivity index (χ0n) is 22.8. The van der Waals surface area contributed by atoms with E-state index in [1.807, 2.05) is 13.8 Å². The number of aromatic nitrogens is 6. The molecule has 10 atom stereocenters. The Labute approximate surface area is 246 Å². The van der Waals surface area contributed by atoms with Gasteiger partial charge in [-0.1, -0.05) is 36.0 Å². The Hall–Kier alpha value is -2.68. The molecule has 0 radical (unpaired) electrons. The molecule has 0 bridgehead atoms. The van der Waals surface area contributed by atoms with Crippen molar-refractivity contribution in [3.63, 3.8) is 0 Å². The molecule has 0 saturated carbocycles. The number of ether oxygens (including phenoxy) is 2. The Morgan fingerprint density at radius 1 is 0.791 bits per heavy atom. The van der Waals surface area contributed by atoms with E-state index in [0.29, 0.717) is 17.8 Å². The maximum Gasteiger partial charge on any atom is 0.194 e. The maximum absolute atomic E-state index is 13.8. The number of rotatable bonds is 8. The van der Waals surface area contributed by atoms with Gasteiger partial charge >= 0.3 is 0 Å². The van der Waals surface area contributed by atoms with Gasteiger partial charge in [0, 0.05) is 11.8 Å². The normalized spacial score (nSPS) is 33.3. The number of hydrogen-bond acceptors (Lipinski definition) is 13. The summed E-state index contributed by atoms with van der Waals surface area (Å²) in [6.45, 7) is 2.47. The number of thioether (sulfide) groups is 1. The quantitative estimate of drug-likeness (QED) is 0.173. The van der Waals surface area contributed by atoms with Gasteiger partial charge in [-0.25, -0.2) is 22.5 Å². The van der Waals surface area contributed by atoms with Crippen molar-refractivity contribution in [3.8, 4) is 11.3 Å². The summed E-state index contributed by atoms with van der Waals surface area (Å²) in [5, 5.41) is 79.9. The molecule has 14 nitrogen and oxygen atoms in total. The van der Waals surface area contributed by atoms with Gasteiger partial charge in [0.05, 0.1) is 25.1 Å². The molecule has 2 fully saturated rings. The summed E-state index contributed by atoms with van der Waals surface area (Å²) >= 11 is 0.766. The van der Waals surface area contributed by atoms with Crippen LogP contribution in [0.15, 0.2) is 24.5 Å². The number of aliphatic hydroxyl groups is 6. The highest BCUT2D eigenvalue weighted by atomic mass is 32.2. The fourth-order valence-electron chi connectivity index (χ4n) is 5.08. The van der Waals surface area contributed by atoms with Crippen molar-refractivity contribution in [3.05, 3.63) is 47.7 Å². The molecule has 0 spiro atoms. The molecule has 2 aliphatic rings. The van der Waals surface area contributed by atoms with E-state index in [2.05, 4.69) is 20.6 Å². The second kappa shape index (κ2) is 12.7. The van der Waals surface area contributed by atoms with E-state index in [1.165, 1.54) is 10.9 Å². The molecule has 2 saturated heterocycles. The summed E-state index contributed by atoms with van der Waals surface area (Å²) in [4.78, 5) is 0. The zero-order valence-corrected chi connectivity index (χ0v) is 23.6. The first kappa shape index (κ1) is 31.7. The summed E-state index contributed by atoms with van der Waals surface area (Å²) in [7, 11) is 0. The Bertz CT molecular complexity index is 1390. The predicted molar refractivity (Wildman–Crippen MR) is 141 cm³/mol. The topological polar surface area (TPSA) is 201 Å². The minimum Gasteiger partial charge on any atom is -0.394 e. The molecule has 1 aromatic carbocycles. The number of halogens is 3. The molecule has 43 heavy (non-hydrogen) atoms. The van der Waals surface area contributed by atoms with Crippen molar-refractivity contribution >= 4 is 11.8 Å². The Kier molecular flexibility index (Phi) is 9.40. The highest BCUT2D eigenvalue weighted by molar-refractivity contribution is 8.00. The van der Waals surface area contributed by atoms with Crippen LogP contribution in [-0.4, -0.2) is 121 Å². The van der Waals surface area contributed by atoms with Crippen molar-refractivity contribution in [2.75, 3.05) is 13.2 Å². The molecule has 5 rings (SSSR count). The van der Waals surface area contributed by atoms with E-state index in [1.54, 1.807) is 6.20 Å². The molecular formula is C25H31F3N6O8S. The highest BCUT2D eigenvalue weighted by Gasteiger charge is 2.51. The first-order chi connectivity index (χ1) is 20.4. The van der Waals surface area contributed by atoms with Crippen molar-refractivity contribution in [1.29, 1.82) is 0 Å². The van der Waals surface area contributed by atoms with Crippen molar-refractivity contribution in [2.24, 2.45) is 0 Å². The minimum absolute atomic E-state index is 0.00431. The third-order valence-electron chi connectivity index (χ3n) is 7.49. The van der Waals surface area contributed by atoms with Crippen LogP contribution in [0.25, 0.3) is 11.3 Å². The molecule has 2 aliphatic heterocycles. The Balaban J connectivity index is 1.41. The van der Waals surface area contributed by atoms with Gasteiger partial charge in [0.1, 0.15) is 65.3 Å². The lowest BCUT2D eigenvalue weighted by Gasteiger charge is -2.46. The third-order valence-corrected chi connectivity index (χ3v) is 8.80. The third kappa shape index (κ3) is 6.03. The molecule has 0 amide bonds. The van der Waals surface area contributed by atoms with Crippen molar-refractivity contribution in [2.45, 2.75) is 79.3 Å². The van der Waals surface area contributed by atoms with E-state index in [9.17, 15) is 43.8 Å². The van der Waals surface area contributed by atoms with Crippen LogP contribution < -0.4 is 0 Å². The monoisotopic (exact) mass is 632 g/mol. The van der Waals surface area contributed by atoms with E-state index in [-0.39, 0.29) is 17.2 Å². The number of hydrogen-bond donors (Lipinski definition) is 6. The van der Waals surface area contributed by atoms with Gasteiger partial charge < -0.3 is 40.1 Å². The fraction of sp³-hybridized carbons (Fsp3) is 0.600. The van der Waals surface area contributed by atoms with Gasteiger partial charge in [0.25, 0.3) is 0 Å². The van der Waals surface area contributed by atoms with Crippen molar-refractivity contribution in [1.82, 2.24) is 30.0 Å². The zero-order chi connectivity index (χ0) is 31.2. The number of aliphatic hydroxyl groups excluding tert-OH is 6. The smallest absolute Gasteiger partial charge is 0.194 e. The SMILES string of the molecule is CC(C)c1cn(C2C(O)[C@@H](CO)O[C@@H](S[C@@H]3OC(CO)[C@H](O)C(n4cc(-c5cc(F)c(F)c(F)c5)nn4)C3O)[C@@H]2O)nn1. The van der Waals surface area contributed by atoms with Gasteiger partial charge in [0.2, 0.25) is 0 Å². The van der Waals surface area contributed by atoms with Gasteiger partial charge in [0.15, 0.2) is 17.5 Å². The summed E-state index contributed by atoms with van der Waals surface area (Å²) in [6.07, 6.45) is -5.68. The molecule has 5 unspecified atom stereocenters. The van der Waals surface area contributed by atoms with E-state index in [4.69, 9.17) is 9.47 Å². The minimum atomic E-state index is -1.66. The average Bonchev–Trinajstić information content (AvgIpc) is 3.65. The molecule has 6 N–H and O–H groups in total. The van der Waals surface area contributed by atoms with E-state index < -0.39 is 90.2 Å². The van der Waals surface area contributed by atoms with Crippen molar-refractivity contribution < 1.29 is 53.3 Å². The first-order valence-electron chi connectivity index (χ1n) is 13.3. The van der Waals surface area contributed by atoms with Crippen LogP contribution in [0.1, 0.15) is 37.5 Å². The van der Waals surface area contributed by atoms with Crippen LogP contribution >= 0.6 is 11.8 Å². The molecule has 18 heteroatoms. The van der Waals surface area contributed by atoms with Crippen LogP contribution in [-0.2, 0) is 9.47 Å². The fourth-order valence-corrected chi connectivity index (χ4v) is 6.40. The van der Waals surface area contributed by atoms with Crippen LogP contribution in [0.3, 0.4) is 0 Å². The predicted octanol–water partition coefficient (Wildman–Crippen LogP) is -0.529. The van der Waals surface area contributed by atoms with Gasteiger partial charge in [-0.15, -0.1) is 10.2 Å². The maximum atomic E-state index is 13.8. The van der Waals surface area contributed by atoms with E-state index in [0.717, 1.165) is 16.4 Å². The van der Waals surface area contributed by atoms with Crippen LogP contribution in [0, 0.1) is 17.5 Å². The second-order valence-electron chi connectivity index (χ2n) is 10.6. The molecule has 4 heterocycles. The van der Waals surface area contributed by atoms with Gasteiger partial charge in [-0.3, -0.25) is 0 Å². The highest BCUT2D eigenvalue weighted by Crippen LogP contribution is 2.42. The average molecular weight is 633 g/mol. The molecule has 3 aromatic rings. The molecule has 0 aliphatic carbocycles. The van der Waals surface area contributed by atoms with Crippen LogP contribution in [0.4, 0.5) is 13.2 Å². The summed E-state index contributed by atoms with van der Waals surface area (Å²) in [5.74, 6) is -4.56. The number of benzene rings is 1. The first-order valence-corrected chi connectivity index (χ1v) is 14.3. The van der Waals surface area contributed by atoms with Gasteiger partial charge in [-0.05, 0) is 18.1 Å². The molecule has 236 valence electrons. The van der Waals surface area contributed by atoms with Crippen LogP contribution in [0.2, 0.25) is 0 Å². The van der Waals surface area contributed by atoms with Crippen LogP contribution in [0.5, 0.6) is 0 Å². The Morgan fingerprint density at radius 2 is 1.28 bits per heavy atom. The summed E-state index contributed by atoms with van der Waals surface area (Å²) in [6, 6.07) is -1.00.